The van der Waals surface area contributed by atoms with Gasteiger partial charge >= 0.3 is 0 Å². The van der Waals surface area contributed by atoms with Gasteiger partial charge < -0.3 is 9.47 Å². The van der Waals surface area contributed by atoms with Crippen molar-refractivity contribution in [3.05, 3.63) is 77.9 Å². The van der Waals surface area contributed by atoms with E-state index in [9.17, 15) is 4.39 Å². The minimum absolute atomic E-state index is 0.126. The Kier molecular flexibility index (Phi) is 7.30. The summed E-state index contributed by atoms with van der Waals surface area (Å²) in [5.74, 6) is 2.03. The van der Waals surface area contributed by atoms with E-state index >= 15 is 0 Å². The van der Waals surface area contributed by atoms with Crippen LogP contribution >= 0.6 is 11.8 Å². The monoisotopic (exact) mass is 413 g/mol. The number of nitrogens with zero attached hydrogens (tertiary/aromatic N) is 3. The molecule has 0 aliphatic heterocycles. The van der Waals surface area contributed by atoms with E-state index in [1.54, 1.807) is 36.0 Å². The normalized spacial score (nSPS) is 10.7. The fourth-order valence-corrected chi connectivity index (χ4v) is 3.48. The topological polar surface area (TPSA) is 49.2 Å². The van der Waals surface area contributed by atoms with Gasteiger partial charge in [-0.05, 0) is 43.2 Å². The number of aryl methyl sites for hydroxylation is 2. The first-order valence-corrected chi connectivity index (χ1v) is 10.3. The van der Waals surface area contributed by atoms with Crippen molar-refractivity contribution in [1.82, 2.24) is 14.8 Å². The fourth-order valence-electron chi connectivity index (χ4n) is 2.70. The van der Waals surface area contributed by atoms with Crippen LogP contribution in [0.25, 0.3) is 0 Å². The van der Waals surface area contributed by atoms with E-state index in [0.717, 1.165) is 22.2 Å². The molecule has 5 nitrogen and oxygen atoms in total. The fraction of sp³-hybridized carbons (Fsp3) is 0.273. The third-order valence-corrected chi connectivity index (χ3v) is 5.15. The molecule has 3 aromatic rings. The summed E-state index contributed by atoms with van der Waals surface area (Å²) in [6, 6.07) is 12.5. The van der Waals surface area contributed by atoms with Crippen LogP contribution in [0, 0.1) is 19.7 Å². The first-order chi connectivity index (χ1) is 14.1. The second kappa shape index (κ2) is 10.1. The van der Waals surface area contributed by atoms with Crippen LogP contribution in [-0.2, 0) is 13.2 Å². The average Bonchev–Trinajstić information content (AvgIpc) is 3.09. The van der Waals surface area contributed by atoms with Crippen LogP contribution in [0.3, 0.4) is 0 Å². The van der Waals surface area contributed by atoms with Gasteiger partial charge in [-0.15, -0.1) is 16.8 Å². The molecule has 1 aromatic heterocycles. The number of rotatable bonds is 10. The highest BCUT2D eigenvalue weighted by atomic mass is 32.2. The van der Waals surface area contributed by atoms with Crippen molar-refractivity contribution >= 4 is 11.8 Å². The first-order valence-electron chi connectivity index (χ1n) is 9.31. The van der Waals surface area contributed by atoms with Crippen LogP contribution in [0.2, 0.25) is 0 Å². The van der Waals surface area contributed by atoms with Crippen molar-refractivity contribution in [3.63, 3.8) is 0 Å². The summed E-state index contributed by atoms with van der Waals surface area (Å²) in [7, 11) is 0. The molecule has 0 aliphatic rings. The van der Waals surface area contributed by atoms with Crippen LogP contribution in [0.4, 0.5) is 4.39 Å². The molecule has 0 saturated carbocycles. The molecule has 29 heavy (non-hydrogen) atoms. The lowest BCUT2D eigenvalue weighted by Gasteiger charge is -2.11. The van der Waals surface area contributed by atoms with E-state index in [-0.39, 0.29) is 12.4 Å². The summed E-state index contributed by atoms with van der Waals surface area (Å²) in [5, 5.41) is 9.19. The predicted molar refractivity (Wildman–Crippen MR) is 113 cm³/mol. The summed E-state index contributed by atoms with van der Waals surface area (Å²) in [6.07, 6.45) is 1.77. The second-order valence-corrected chi connectivity index (χ2v) is 7.55. The molecule has 0 aliphatic carbocycles. The maximum atomic E-state index is 13.7. The molecule has 0 unspecified atom stereocenters. The molecule has 0 N–H and O–H groups in total. The molecule has 3 rings (SSSR count). The Bertz CT molecular complexity index is 974. The van der Waals surface area contributed by atoms with Gasteiger partial charge in [-0.25, -0.2) is 4.39 Å². The Morgan fingerprint density at radius 3 is 2.72 bits per heavy atom. The lowest BCUT2D eigenvalue weighted by molar-refractivity contribution is 0.275. The van der Waals surface area contributed by atoms with Gasteiger partial charge in [-0.1, -0.05) is 42.1 Å². The number of ether oxygens (including phenoxy) is 2. The van der Waals surface area contributed by atoms with Crippen molar-refractivity contribution in [2.45, 2.75) is 32.2 Å². The highest BCUT2D eigenvalue weighted by molar-refractivity contribution is 7.99. The first kappa shape index (κ1) is 20.9. The molecule has 0 bridgehead atoms. The number of hydrogen-bond donors (Lipinski definition) is 0. The van der Waals surface area contributed by atoms with Crippen LogP contribution in [0.5, 0.6) is 11.5 Å². The maximum absolute atomic E-state index is 13.7. The third-order valence-electron chi connectivity index (χ3n) is 4.21. The number of thioether (sulfide) groups is 1. The molecule has 2 aromatic carbocycles. The van der Waals surface area contributed by atoms with E-state index < -0.39 is 5.82 Å². The highest BCUT2D eigenvalue weighted by Crippen LogP contribution is 2.22. The zero-order valence-corrected chi connectivity index (χ0v) is 17.4. The molecule has 0 amide bonds. The van der Waals surface area contributed by atoms with E-state index in [1.807, 2.05) is 24.5 Å². The average molecular weight is 414 g/mol. The van der Waals surface area contributed by atoms with Gasteiger partial charge in [0.2, 0.25) is 0 Å². The number of benzene rings is 2. The quantitative estimate of drug-likeness (QED) is 0.267. The highest BCUT2D eigenvalue weighted by Gasteiger charge is 2.13. The number of para-hydroxylation sites is 1. The van der Waals surface area contributed by atoms with Crippen LogP contribution < -0.4 is 9.47 Å². The smallest absolute Gasteiger partial charge is 0.191 e. The van der Waals surface area contributed by atoms with Gasteiger partial charge in [0, 0.05) is 12.3 Å². The van der Waals surface area contributed by atoms with E-state index in [4.69, 9.17) is 9.47 Å². The summed E-state index contributed by atoms with van der Waals surface area (Å²) in [5.41, 5.74) is 2.28. The second-order valence-electron chi connectivity index (χ2n) is 6.48. The number of halogens is 1. The van der Waals surface area contributed by atoms with Gasteiger partial charge in [0.1, 0.15) is 12.4 Å². The number of hydrogen-bond acceptors (Lipinski definition) is 5. The Morgan fingerprint density at radius 2 is 1.93 bits per heavy atom. The van der Waals surface area contributed by atoms with Crippen LogP contribution in [0.15, 0.2) is 60.3 Å². The van der Waals surface area contributed by atoms with Crippen molar-refractivity contribution < 1.29 is 13.9 Å². The van der Waals surface area contributed by atoms with Crippen molar-refractivity contribution in [3.8, 4) is 11.5 Å². The third kappa shape index (κ3) is 5.60. The maximum Gasteiger partial charge on any atom is 0.191 e. The number of aromatic nitrogens is 3. The summed E-state index contributed by atoms with van der Waals surface area (Å²) < 4.78 is 27.1. The van der Waals surface area contributed by atoms with Gasteiger partial charge in [0.15, 0.2) is 22.5 Å². The molecule has 0 fully saturated rings. The van der Waals surface area contributed by atoms with Crippen molar-refractivity contribution in [1.29, 1.82) is 0 Å². The Balaban J connectivity index is 1.58. The molecule has 0 spiro atoms. The van der Waals surface area contributed by atoms with Crippen LogP contribution in [0.1, 0.15) is 17.0 Å². The molecule has 1 heterocycles. The standard InChI is InChI=1S/C22H24FN3O2S/c1-4-11-26-21(15-28-19-8-6-5-7-18(19)23)24-25-22(26)29-13-12-27-20-14-16(2)9-10-17(20)3/h4-10,14H,1,11-13,15H2,2-3H3. The summed E-state index contributed by atoms with van der Waals surface area (Å²) in [4.78, 5) is 0. The Labute approximate surface area is 174 Å². The van der Waals surface area contributed by atoms with Gasteiger partial charge in [0.05, 0.1) is 6.61 Å². The van der Waals surface area contributed by atoms with Gasteiger partial charge in [-0.2, -0.15) is 0 Å². The Morgan fingerprint density at radius 1 is 1.10 bits per heavy atom. The summed E-state index contributed by atoms with van der Waals surface area (Å²) >= 11 is 1.55. The van der Waals surface area contributed by atoms with Crippen molar-refractivity contribution in [2.75, 3.05) is 12.4 Å². The van der Waals surface area contributed by atoms with Crippen LogP contribution in [-0.4, -0.2) is 27.1 Å². The largest absolute Gasteiger partial charge is 0.492 e. The zero-order chi connectivity index (χ0) is 20.6. The van der Waals surface area contributed by atoms with Crippen molar-refractivity contribution in [2.24, 2.45) is 0 Å². The predicted octanol–water partition coefficient (Wildman–Crippen LogP) is 4.97. The lowest BCUT2D eigenvalue weighted by atomic mass is 10.1. The number of allylic oxidation sites excluding steroid dienone is 1. The Hall–Kier alpha value is -2.80. The molecule has 0 atom stereocenters. The molecule has 0 radical (unpaired) electrons. The zero-order valence-electron chi connectivity index (χ0n) is 16.6. The van der Waals surface area contributed by atoms with E-state index in [1.165, 1.54) is 11.6 Å². The molecule has 152 valence electrons. The molecular formula is C22H24FN3O2S. The van der Waals surface area contributed by atoms with E-state index in [2.05, 4.69) is 28.9 Å². The molecular weight excluding hydrogens is 389 g/mol. The minimum atomic E-state index is -0.402. The van der Waals surface area contributed by atoms with E-state index in [0.29, 0.717) is 19.0 Å². The SMILES string of the molecule is C=CCn1c(COc2ccccc2F)nnc1SCCOc1cc(C)ccc1C. The van der Waals surface area contributed by atoms with Gasteiger partial charge in [0.25, 0.3) is 0 Å². The minimum Gasteiger partial charge on any atom is -0.492 e. The lowest BCUT2D eigenvalue weighted by Crippen LogP contribution is -2.09. The molecule has 0 saturated heterocycles. The van der Waals surface area contributed by atoms with Gasteiger partial charge in [-0.3, -0.25) is 4.57 Å². The molecule has 7 heteroatoms. The summed E-state index contributed by atoms with van der Waals surface area (Å²) in [6.45, 7) is 9.09.